The molecular formula is C14H11N5O3. The van der Waals surface area contributed by atoms with Gasteiger partial charge in [-0.25, -0.2) is 4.52 Å². The molecule has 8 heteroatoms. The van der Waals surface area contributed by atoms with E-state index >= 15 is 0 Å². The van der Waals surface area contributed by atoms with Crippen LogP contribution in [-0.4, -0.2) is 20.4 Å². The average Bonchev–Trinajstić information content (AvgIpc) is 2.93. The fourth-order valence-corrected chi connectivity index (χ4v) is 2.13. The number of carbonyl (C=O) groups excluding carboxylic acids is 1. The summed E-state index contributed by atoms with van der Waals surface area (Å²) >= 11 is 0. The lowest BCUT2D eigenvalue weighted by atomic mass is 10.2. The van der Waals surface area contributed by atoms with Crippen LogP contribution in [0.4, 0.5) is 17.1 Å². The maximum Gasteiger partial charge on any atom is 0.289 e. The minimum atomic E-state index is -0.669. The molecule has 0 radical (unpaired) electrons. The Morgan fingerprint density at radius 3 is 2.68 bits per heavy atom. The van der Waals surface area contributed by atoms with Crippen LogP contribution in [0.3, 0.4) is 0 Å². The molecule has 3 aromatic rings. The molecule has 0 unspecified atom stereocenters. The summed E-state index contributed by atoms with van der Waals surface area (Å²) in [6.07, 6.45) is 2.56. The van der Waals surface area contributed by atoms with E-state index in [9.17, 15) is 14.9 Å². The normalized spacial score (nSPS) is 10.5. The van der Waals surface area contributed by atoms with Gasteiger partial charge in [-0.2, -0.15) is 5.10 Å². The fourth-order valence-electron chi connectivity index (χ4n) is 2.13. The highest BCUT2D eigenvalue weighted by Crippen LogP contribution is 2.28. The second-order valence-corrected chi connectivity index (χ2v) is 4.57. The number of carbonyl (C=O) groups is 1. The van der Waals surface area contributed by atoms with Gasteiger partial charge in [0.25, 0.3) is 11.6 Å². The zero-order valence-corrected chi connectivity index (χ0v) is 11.3. The zero-order chi connectivity index (χ0) is 15.7. The molecule has 22 heavy (non-hydrogen) atoms. The van der Waals surface area contributed by atoms with Crippen molar-refractivity contribution in [1.82, 2.24) is 9.61 Å². The monoisotopic (exact) mass is 297 g/mol. The minimum Gasteiger partial charge on any atom is -0.365 e. The molecule has 0 aliphatic carbocycles. The number of nitrogens with two attached hydrogens (primary N) is 1. The summed E-state index contributed by atoms with van der Waals surface area (Å²) in [5, 5.41) is 18.0. The summed E-state index contributed by atoms with van der Waals surface area (Å²) < 4.78 is 1.33. The summed E-state index contributed by atoms with van der Waals surface area (Å²) in [5.41, 5.74) is 6.90. The van der Waals surface area contributed by atoms with Crippen molar-refractivity contribution in [3.63, 3.8) is 0 Å². The van der Waals surface area contributed by atoms with Gasteiger partial charge < -0.3 is 11.1 Å². The van der Waals surface area contributed by atoms with Crippen LogP contribution in [0.15, 0.2) is 48.8 Å². The molecule has 8 nitrogen and oxygen atoms in total. The highest BCUT2D eigenvalue weighted by atomic mass is 16.6. The van der Waals surface area contributed by atoms with Gasteiger partial charge in [-0.1, -0.05) is 18.2 Å². The van der Waals surface area contributed by atoms with E-state index in [0.717, 1.165) is 5.69 Å². The maximum absolute atomic E-state index is 11.6. The maximum atomic E-state index is 11.6. The summed E-state index contributed by atoms with van der Waals surface area (Å²) in [6, 6.07) is 10.4. The van der Waals surface area contributed by atoms with E-state index in [0.29, 0.717) is 11.2 Å². The van der Waals surface area contributed by atoms with Crippen LogP contribution in [0.1, 0.15) is 10.4 Å². The molecule has 110 valence electrons. The third-order valence-electron chi connectivity index (χ3n) is 3.14. The summed E-state index contributed by atoms with van der Waals surface area (Å²) in [4.78, 5) is 22.0. The Balaban J connectivity index is 2.20. The van der Waals surface area contributed by atoms with Gasteiger partial charge in [0.2, 0.25) is 0 Å². The van der Waals surface area contributed by atoms with Crippen molar-refractivity contribution in [2.24, 2.45) is 5.73 Å². The predicted octanol–water partition coefficient (Wildman–Crippen LogP) is 2.08. The first-order chi connectivity index (χ1) is 10.6. The van der Waals surface area contributed by atoms with Crippen LogP contribution < -0.4 is 11.1 Å². The van der Waals surface area contributed by atoms with E-state index in [-0.39, 0.29) is 11.3 Å². The van der Waals surface area contributed by atoms with Gasteiger partial charge in [-0.05, 0) is 12.1 Å². The van der Waals surface area contributed by atoms with Crippen LogP contribution in [0.25, 0.3) is 5.52 Å². The summed E-state index contributed by atoms with van der Waals surface area (Å²) in [5.74, 6) is -0.669. The SMILES string of the molecule is NC(=O)c1cnn2cc([N+](=O)[O-])cc2c1Nc1ccccc1. The number of hydrogen-bond donors (Lipinski definition) is 2. The fraction of sp³-hybridized carbons (Fsp3) is 0. The molecular weight excluding hydrogens is 286 g/mol. The van der Waals surface area contributed by atoms with Gasteiger partial charge in [0.1, 0.15) is 6.20 Å². The van der Waals surface area contributed by atoms with Crippen molar-refractivity contribution in [2.45, 2.75) is 0 Å². The van der Waals surface area contributed by atoms with Gasteiger partial charge in [-0.15, -0.1) is 0 Å². The first-order valence-corrected chi connectivity index (χ1v) is 6.34. The van der Waals surface area contributed by atoms with E-state index in [1.165, 1.54) is 23.0 Å². The highest BCUT2D eigenvalue weighted by Gasteiger charge is 2.18. The Bertz CT molecular complexity index is 873. The zero-order valence-electron chi connectivity index (χ0n) is 11.3. The van der Waals surface area contributed by atoms with E-state index < -0.39 is 10.8 Å². The largest absolute Gasteiger partial charge is 0.365 e. The van der Waals surface area contributed by atoms with Crippen LogP contribution in [0, 0.1) is 10.1 Å². The van der Waals surface area contributed by atoms with Gasteiger partial charge in [0, 0.05) is 11.8 Å². The first-order valence-electron chi connectivity index (χ1n) is 6.34. The number of primary amides is 1. The van der Waals surface area contributed by atoms with E-state index in [2.05, 4.69) is 10.4 Å². The van der Waals surface area contributed by atoms with E-state index in [1.807, 2.05) is 18.2 Å². The van der Waals surface area contributed by atoms with E-state index in [1.54, 1.807) is 12.1 Å². The average molecular weight is 297 g/mol. The molecule has 0 aliphatic rings. The Hall–Kier alpha value is -3.42. The number of para-hydroxylation sites is 1. The van der Waals surface area contributed by atoms with Crippen molar-refractivity contribution < 1.29 is 9.72 Å². The number of nitro groups is 1. The first kappa shape index (κ1) is 13.6. The Kier molecular flexibility index (Phi) is 3.18. The quantitative estimate of drug-likeness (QED) is 0.565. The van der Waals surface area contributed by atoms with Gasteiger partial charge >= 0.3 is 0 Å². The second-order valence-electron chi connectivity index (χ2n) is 4.57. The second kappa shape index (κ2) is 5.17. The van der Waals surface area contributed by atoms with Crippen molar-refractivity contribution in [2.75, 3.05) is 5.32 Å². The molecule has 1 aromatic carbocycles. The third-order valence-corrected chi connectivity index (χ3v) is 3.14. The molecule has 2 heterocycles. The number of amides is 1. The predicted molar refractivity (Wildman–Crippen MR) is 80.1 cm³/mol. The number of fused-ring (bicyclic) bond motifs is 1. The minimum absolute atomic E-state index is 0.120. The summed E-state index contributed by atoms with van der Waals surface area (Å²) in [7, 11) is 0. The number of rotatable bonds is 4. The molecule has 2 aromatic heterocycles. The summed E-state index contributed by atoms with van der Waals surface area (Å²) in [6.45, 7) is 0. The van der Waals surface area contributed by atoms with Gasteiger partial charge in [0.05, 0.1) is 27.9 Å². The highest BCUT2D eigenvalue weighted by molar-refractivity contribution is 6.03. The van der Waals surface area contributed by atoms with Crippen LogP contribution >= 0.6 is 0 Å². The van der Waals surface area contributed by atoms with Crippen molar-refractivity contribution >= 4 is 28.5 Å². The Morgan fingerprint density at radius 1 is 1.32 bits per heavy atom. The molecule has 1 amide bonds. The van der Waals surface area contributed by atoms with Crippen LogP contribution in [-0.2, 0) is 0 Å². The third kappa shape index (κ3) is 2.33. The molecule has 0 aliphatic heterocycles. The van der Waals surface area contributed by atoms with Gasteiger partial charge in [0.15, 0.2) is 0 Å². The lowest BCUT2D eigenvalue weighted by Gasteiger charge is -2.11. The number of nitrogens with zero attached hydrogens (tertiary/aromatic N) is 3. The molecule has 0 saturated heterocycles. The molecule has 3 N–H and O–H groups in total. The Labute approximate surface area is 124 Å². The molecule has 0 atom stereocenters. The number of anilines is 2. The molecule has 3 rings (SSSR count). The van der Waals surface area contributed by atoms with Crippen LogP contribution in [0.5, 0.6) is 0 Å². The lowest BCUT2D eigenvalue weighted by molar-refractivity contribution is -0.384. The van der Waals surface area contributed by atoms with Crippen LogP contribution in [0.2, 0.25) is 0 Å². The van der Waals surface area contributed by atoms with Crippen molar-refractivity contribution in [1.29, 1.82) is 0 Å². The number of nitrogens with one attached hydrogen (secondary N) is 1. The number of hydrogen-bond acceptors (Lipinski definition) is 5. The van der Waals surface area contributed by atoms with Crippen molar-refractivity contribution in [3.05, 3.63) is 64.5 Å². The molecule has 0 spiro atoms. The molecule has 0 bridgehead atoms. The lowest BCUT2D eigenvalue weighted by Crippen LogP contribution is -2.15. The molecule has 0 fully saturated rings. The molecule has 0 saturated carbocycles. The Morgan fingerprint density at radius 2 is 2.05 bits per heavy atom. The standard InChI is InChI=1S/C14H11N5O3/c15-14(20)11-7-16-18-8-10(19(21)22)6-12(18)13(11)17-9-4-2-1-3-5-9/h1-8,17H,(H2,15,20). The smallest absolute Gasteiger partial charge is 0.289 e. The topological polar surface area (TPSA) is 116 Å². The number of aromatic nitrogens is 2. The van der Waals surface area contributed by atoms with Crippen molar-refractivity contribution in [3.8, 4) is 0 Å². The van der Waals surface area contributed by atoms with E-state index in [4.69, 9.17) is 5.73 Å². The van der Waals surface area contributed by atoms with Gasteiger partial charge in [-0.3, -0.25) is 14.9 Å². The number of benzene rings is 1.